The lowest BCUT2D eigenvalue weighted by Crippen LogP contribution is -2.45. The second kappa shape index (κ2) is 9.75. The Morgan fingerprint density at radius 2 is 1.62 bits per heavy atom. The Balaban J connectivity index is 0.00000243. The van der Waals surface area contributed by atoms with Crippen molar-refractivity contribution in [2.24, 2.45) is 11.7 Å². The lowest BCUT2D eigenvalue weighted by Gasteiger charge is -2.35. The maximum Gasteiger partial charge on any atom is 0.223 e. The summed E-state index contributed by atoms with van der Waals surface area (Å²) in [5, 5.41) is 0. The molecule has 4 heteroatoms. The molecule has 1 amide bonds. The summed E-state index contributed by atoms with van der Waals surface area (Å²) in [6, 6.07) is 20.8. The SMILES string of the molecule is CC(N)C1CCCN(C(=O)CC(c2ccccc2)c2ccccc2)C1.Cl. The van der Waals surface area contributed by atoms with Gasteiger partial charge in [-0.25, -0.2) is 0 Å². The molecule has 2 aromatic rings. The Morgan fingerprint density at radius 3 is 2.12 bits per heavy atom. The molecule has 0 spiro atoms. The Bertz CT molecular complexity index is 636. The number of likely N-dealkylation sites (tertiary alicyclic amines) is 1. The minimum absolute atomic E-state index is 0. The van der Waals surface area contributed by atoms with E-state index in [2.05, 4.69) is 31.2 Å². The van der Waals surface area contributed by atoms with Crippen molar-refractivity contribution in [3.63, 3.8) is 0 Å². The summed E-state index contributed by atoms with van der Waals surface area (Å²) in [5.41, 5.74) is 8.47. The molecule has 1 aliphatic heterocycles. The van der Waals surface area contributed by atoms with Crippen LogP contribution in [-0.4, -0.2) is 29.9 Å². The number of benzene rings is 2. The monoisotopic (exact) mass is 372 g/mol. The van der Waals surface area contributed by atoms with Crippen molar-refractivity contribution in [3.8, 4) is 0 Å². The molecule has 2 unspecified atom stereocenters. The van der Waals surface area contributed by atoms with Crippen molar-refractivity contribution >= 4 is 18.3 Å². The van der Waals surface area contributed by atoms with Crippen molar-refractivity contribution in [1.82, 2.24) is 4.90 Å². The summed E-state index contributed by atoms with van der Waals surface area (Å²) in [7, 11) is 0. The number of hydrogen-bond donors (Lipinski definition) is 1. The topological polar surface area (TPSA) is 46.3 Å². The van der Waals surface area contributed by atoms with E-state index in [1.54, 1.807) is 0 Å². The van der Waals surface area contributed by atoms with Crippen molar-refractivity contribution < 1.29 is 4.79 Å². The molecular weight excluding hydrogens is 344 g/mol. The van der Waals surface area contributed by atoms with E-state index >= 15 is 0 Å². The van der Waals surface area contributed by atoms with E-state index < -0.39 is 0 Å². The first-order valence-electron chi connectivity index (χ1n) is 9.28. The number of nitrogens with zero attached hydrogens (tertiary/aromatic N) is 1. The summed E-state index contributed by atoms with van der Waals surface area (Å²) in [6.07, 6.45) is 2.70. The Morgan fingerprint density at radius 1 is 1.08 bits per heavy atom. The average Bonchev–Trinajstić information content (AvgIpc) is 2.67. The van der Waals surface area contributed by atoms with Gasteiger partial charge in [-0.15, -0.1) is 12.4 Å². The summed E-state index contributed by atoms with van der Waals surface area (Å²) in [6.45, 7) is 3.71. The highest BCUT2D eigenvalue weighted by atomic mass is 35.5. The molecule has 26 heavy (non-hydrogen) atoms. The number of nitrogens with two attached hydrogens (primary N) is 1. The molecule has 140 valence electrons. The molecule has 0 radical (unpaired) electrons. The van der Waals surface area contributed by atoms with Crippen LogP contribution in [0.2, 0.25) is 0 Å². The van der Waals surface area contributed by atoms with E-state index in [0.29, 0.717) is 12.3 Å². The summed E-state index contributed by atoms with van der Waals surface area (Å²) in [5.74, 6) is 0.762. The van der Waals surface area contributed by atoms with Crippen LogP contribution < -0.4 is 5.73 Å². The van der Waals surface area contributed by atoms with Gasteiger partial charge in [0, 0.05) is 31.5 Å². The van der Waals surface area contributed by atoms with Crippen LogP contribution in [-0.2, 0) is 4.79 Å². The number of carbonyl (C=O) groups is 1. The largest absolute Gasteiger partial charge is 0.342 e. The van der Waals surface area contributed by atoms with Gasteiger partial charge in [-0.1, -0.05) is 60.7 Å². The molecule has 1 aliphatic rings. The summed E-state index contributed by atoms with van der Waals surface area (Å²) in [4.78, 5) is 15.0. The molecule has 2 aromatic carbocycles. The second-order valence-corrected chi connectivity index (χ2v) is 7.18. The van der Waals surface area contributed by atoms with Crippen LogP contribution in [0.15, 0.2) is 60.7 Å². The number of amides is 1. The van der Waals surface area contributed by atoms with Crippen LogP contribution in [0.4, 0.5) is 0 Å². The number of rotatable bonds is 5. The van der Waals surface area contributed by atoms with Crippen molar-refractivity contribution in [3.05, 3.63) is 71.8 Å². The maximum absolute atomic E-state index is 13.0. The van der Waals surface area contributed by atoms with E-state index in [9.17, 15) is 4.79 Å². The van der Waals surface area contributed by atoms with Crippen molar-refractivity contribution in [1.29, 1.82) is 0 Å². The van der Waals surface area contributed by atoms with Gasteiger partial charge in [0.05, 0.1) is 0 Å². The molecule has 0 bridgehead atoms. The maximum atomic E-state index is 13.0. The molecular formula is C22H29ClN2O. The van der Waals surface area contributed by atoms with E-state index in [-0.39, 0.29) is 30.3 Å². The molecule has 1 heterocycles. The van der Waals surface area contributed by atoms with Gasteiger partial charge in [-0.3, -0.25) is 4.79 Å². The van der Waals surface area contributed by atoms with Gasteiger partial charge in [-0.05, 0) is 36.8 Å². The minimum atomic E-state index is 0. The molecule has 2 atom stereocenters. The predicted molar refractivity (Wildman–Crippen MR) is 110 cm³/mol. The molecule has 3 rings (SSSR count). The van der Waals surface area contributed by atoms with E-state index in [0.717, 1.165) is 25.9 Å². The zero-order valence-electron chi connectivity index (χ0n) is 15.4. The third-order valence-corrected chi connectivity index (χ3v) is 5.34. The van der Waals surface area contributed by atoms with E-state index in [1.807, 2.05) is 41.3 Å². The fourth-order valence-corrected chi connectivity index (χ4v) is 3.77. The molecule has 0 aromatic heterocycles. The smallest absolute Gasteiger partial charge is 0.223 e. The van der Waals surface area contributed by atoms with Gasteiger partial charge in [0.15, 0.2) is 0 Å². The highest BCUT2D eigenvalue weighted by molar-refractivity contribution is 5.85. The Kier molecular flexibility index (Phi) is 7.67. The van der Waals surface area contributed by atoms with Gasteiger partial charge in [0.25, 0.3) is 0 Å². The van der Waals surface area contributed by atoms with Crippen LogP contribution in [0.3, 0.4) is 0 Å². The average molecular weight is 373 g/mol. The van der Waals surface area contributed by atoms with Gasteiger partial charge in [0.1, 0.15) is 0 Å². The first-order valence-corrected chi connectivity index (χ1v) is 9.28. The standard InChI is InChI=1S/C22H28N2O.ClH/c1-17(23)20-13-8-14-24(16-20)22(25)15-21(18-9-4-2-5-10-18)19-11-6-3-7-12-19;/h2-7,9-12,17,20-21H,8,13-16,23H2,1H3;1H. The molecule has 2 N–H and O–H groups in total. The fraction of sp³-hybridized carbons (Fsp3) is 0.409. The van der Waals surface area contributed by atoms with Crippen LogP contribution in [0, 0.1) is 5.92 Å². The normalized spacial score (nSPS) is 18.3. The number of piperidine rings is 1. The zero-order valence-corrected chi connectivity index (χ0v) is 16.2. The number of hydrogen-bond acceptors (Lipinski definition) is 2. The van der Waals surface area contributed by atoms with Crippen molar-refractivity contribution in [2.75, 3.05) is 13.1 Å². The quantitative estimate of drug-likeness (QED) is 0.854. The van der Waals surface area contributed by atoms with Crippen LogP contribution in [0.25, 0.3) is 0 Å². The van der Waals surface area contributed by atoms with Gasteiger partial charge >= 0.3 is 0 Å². The number of halogens is 1. The third kappa shape index (κ3) is 5.09. The molecule has 0 saturated carbocycles. The van der Waals surface area contributed by atoms with E-state index in [1.165, 1.54) is 11.1 Å². The second-order valence-electron chi connectivity index (χ2n) is 7.18. The Labute approximate surface area is 163 Å². The Hall–Kier alpha value is -1.84. The molecule has 3 nitrogen and oxygen atoms in total. The van der Waals surface area contributed by atoms with E-state index in [4.69, 9.17) is 5.73 Å². The molecule has 0 aliphatic carbocycles. The fourth-order valence-electron chi connectivity index (χ4n) is 3.77. The van der Waals surface area contributed by atoms with Crippen LogP contribution in [0.5, 0.6) is 0 Å². The van der Waals surface area contributed by atoms with Crippen LogP contribution in [0.1, 0.15) is 43.2 Å². The summed E-state index contributed by atoms with van der Waals surface area (Å²) >= 11 is 0. The van der Waals surface area contributed by atoms with Crippen molar-refractivity contribution in [2.45, 2.75) is 38.1 Å². The first kappa shape index (κ1) is 20.5. The first-order chi connectivity index (χ1) is 12.1. The van der Waals surface area contributed by atoms with Crippen LogP contribution >= 0.6 is 12.4 Å². The van der Waals surface area contributed by atoms with Gasteiger partial charge in [0.2, 0.25) is 5.91 Å². The third-order valence-electron chi connectivity index (χ3n) is 5.34. The molecule has 1 fully saturated rings. The minimum Gasteiger partial charge on any atom is -0.342 e. The summed E-state index contributed by atoms with van der Waals surface area (Å²) < 4.78 is 0. The lowest BCUT2D eigenvalue weighted by atomic mass is 9.87. The number of carbonyl (C=O) groups excluding carboxylic acids is 1. The zero-order chi connectivity index (χ0) is 17.6. The highest BCUT2D eigenvalue weighted by Gasteiger charge is 2.28. The lowest BCUT2D eigenvalue weighted by molar-refractivity contribution is -0.133. The van der Waals surface area contributed by atoms with Gasteiger partial charge < -0.3 is 10.6 Å². The molecule has 1 saturated heterocycles. The van der Waals surface area contributed by atoms with Gasteiger partial charge in [-0.2, -0.15) is 0 Å². The predicted octanol–water partition coefficient (Wildman–Crippen LogP) is 4.22. The highest BCUT2D eigenvalue weighted by Crippen LogP contribution is 2.29.